The number of amides is 1. The molecule has 26 heavy (non-hydrogen) atoms. The zero-order valence-electron chi connectivity index (χ0n) is 14.8. The quantitative estimate of drug-likeness (QED) is 0.657. The zero-order chi connectivity index (χ0) is 18.5. The number of nitrogens with one attached hydrogen (secondary N) is 1. The first-order valence-corrected chi connectivity index (χ1v) is 8.95. The van der Waals surface area contributed by atoms with E-state index in [1.807, 2.05) is 50.2 Å². The summed E-state index contributed by atoms with van der Waals surface area (Å²) in [5, 5.41) is 3.68. The molecule has 0 fully saturated rings. The van der Waals surface area contributed by atoms with Crippen molar-refractivity contribution in [2.24, 2.45) is 0 Å². The molecule has 4 nitrogen and oxygen atoms in total. The van der Waals surface area contributed by atoms with Crippen LogP contribution < -0.4 is 5.32 Å². The first-order chi connectivity index (χ1) is 12.5. The second kappa shape index (κ2) is 8.19. The molecule has 0 saturated heterocycles. The molecule has 0 radical (unpaired) electrons. The first kappa shape index (κ1) is 18.2. The second-order valence-electron chi connectivity index (χ2n) is 6.33. The van der Waals surface area contributed by atoms with Crippen LogP contribution in [0.15, 0.2) is 59.1 Å². The Bertz CT molecular complexity index is 870. The Labute approximate surface area is 158 Å². The Hall–Kier alpha value is -2.59. The molecular formula is C21H21ClN2O2. The summed E-state index contributed by atoms with van der Waals surface area (Å²) in [4.78, 5) is 16.4. The molecule has 5 heteroatoms. The minimum atomic E-state index is -0.0303. The number of aryl methyl sites for hydroxylation is 2. The fraction of sp³-hybridized carbons (Fsp3) is 0.238. The molecule has 0 aliphatic rings. The maximum absolute atomic E-state index is 12.2. The highest BCUT2D eigenvalue weighted by Gasteiger charge is 2.12. The second-order valence-corrected chi connectivity index (χ2v) is 6.76. The van der Waals surface area contributed by atoms with Crippen LogP contribution in [0.3, 0.4) is 0 Å². The summed E-state index contributed by atoms with van der Waals surface area (Å²) in [6.07, 6.45) is 2.46. The van der Waals surface area contributed by atoms with Crippen LogP contribution in [0.25, 0.3) is 11.3 Å². The van der Waals surface area contributed by atoms with Gasteiger partial charge in [0.25, 0.3) is 0 Å². The van der Waals surface area contributed by atoms with Gasteiger partial charge in [-0.2, -0.15) is 0 Å². The van der Waals surface area contributed by atoms with Crippen LogP contribution in [-0.2, 0) is 11.2 Å². The summed E-state index contributed by atoms with van der Waals surface area (Å²) in [7, 11) is 0. The van der Waals surface area contributed by atoms with Gasteiger partial charge in [0.05, 0.1) is 12.2 Å². The Morgan fingerprint density at radius 1 is 1.15 bits per heavy atom. The predicted octanol–water partition coefficient (Wildman–Crippen LogP) is 5.11. The number of aromatic nitrogens is 1. The Kier molecular flexibility index (Phi) is 5.74. The van der Waals surface area contributed by atoms with Gasteiger partial charge < -0.3 is 9.73 Å². The van der Waals surface area contributed by atoms with Crippen LogP contribution in [0.4, 0.5) is 0 Å². The number of carbonyl (C=O) groups is 1. The summed E-state index contributed by atoms with van der Waals surface area (Å²) in [6, 6.07) is 15.5. The van der Waals surface area contributed by atoms with E-state index >= 15 is 0 Å². The van der Waals surface area contributed by atoms with E-state index in [-0.39, 0.29) is 11.9 Å². The highest BCUT2D eigenvalue weighted by molar-refractivity contribution is 6.30. The zero-order valence-corrected chi connectivity index (χ0v) is 15.6. The Morgan fingerprint density at radius 2 is 1.85 bits per heavy atom. The Morgan fingerprint density at radius 3 is 2.54 bits per heavy atom. The summed E-state index contributed by atoms with van der Waals surface area (Å²) in [5.41, 5.74) is 3.20. The minimum Gasteiger partial charge on any atom is -0.441 e. The largest absolute Gasteiger partial charge is 0.441 e. The number of nitrogens with zero attached hydrogens (tertiary/aromatic N) is 1. The van der Waals surface area contributed by atoms with Crippen molar-refractivity contribution in [1.29, 1.82) is 0 Å². The third kappa shape index (κ3) is 4.73. The van der Waals surface area contributed by atoms with E-state index in [0.717, 1.165) is 11.1 Å². The van der Waals surface area contributed by atoms with Gasteiger partial charge in [-0.1, -0.05) is 41.4 Å². The highest BCUT2D eigenvalue weighted by Crippen LogP contribution is 2.22. The van der Waals surface area contributed by atoms with Gasteiger partial charge in [0.15, 0.2) is 11.7 Å². The third-order valence-electron chi connectivity index (χ3n) is 4.20. The van der Waals surface area contributed by atoms with E-state index in [2.05, 4.69) is 10.3 Å². The number of benzene rings is 2. The molecule has 1 atom stereocenters. The van der Waals surface area contributed by atoms with Crippen LogP contribution in [0.1, 0.15) is 36.4 Å². The van der Waals surface area contributed by atoms with Crippen LogP contribution in [0.2, 0.25) is 5.02 Å². The lowest BCUT2D eigenvalue weighted by Gasteiger charge is -2.14. The van der Waals surface area contributed by atoms with E-state index in [4.69, 9.17) is 16.0 Å². The summed E-state index contributed by atoms with van der Waals surface area (Å²) >= 11 is 5.89. The lowest BCUT2D eigenvalue weighted by molar-refractivity contribution is -0.121. The van der Waals surface area contributed by atoms with Crippen molar-refractivity contribution >= 4 is 17.5 Å². The lowest BCUT2D eigenvalue weighted by Crippen LogP contribution is -2.26. The van der Waals surface area contributed by atoms with Gasteiger partial charge >= 0.3 is 0 Å². The van der Waals surface area contributed by atoms with Crippen molar-refractivity contribution in [3.05, 3.63) is 76.8 Å². The van der Waals surface area contributed by atoms with E-state index in [1.54, 1.807) is 18.3 Å². The van der Waals surface area contributed by atoms with Crippen molar-refractivity contribution < 1.29 is 9.21 Å². The van der Waals surface area contributed by atoms with Gasteiger partial charge in [0.1, 0.15) is 0 Å². The third-order valence-corrected chi connectivity index (χ3v) is 4.46. The highest BCUT2D eigenvalue weighted by atomic mass is 35.5. The van der Waals surface area contributed by atoms with Gasteiger partial charge in [0, 0.05) is 23.4 Å². The van der Waals surface area contributed by atoms with Crippen molar-refractivity contribution in [1.82, 2.24) is 10.3 Å². The SMILES string of the molecule is Cc1ccc(C(C)NC(=O)CCc2ncc(-c3ccc(Cl)cc3)o2)cc1. The fourth-order valence-electron chi connectivity index (χ4n) is 2.65. The molecule has 0 saturated carbocycles. The minimum absolute atomic E-state index is 0.0238. The fourth-order valence-corrected chi connectivity index (χ4v) is 2.77. The van der Waals surface area contributed by atoms with Crippen LogP contribution in [0, 0.1) is 6.92 Å². The van der Waals surface area contributed by atoms with E-state index in [1.165, 1.54) is 5.56 Å². The molecule has 1 N–H and O–H groups in total. The lowest BCUT2D eigenvalue weighted by atomic mass is 10.1. The van der Waals surface area contributed by atoms with Crippen molar-refractivity contribution in [2.45, 2.75) is 32.7 Å². The molecule has 1 unspecified atom stereocenters. The average Bonchev–Trinajstić information content (AvgIpc) is 3.10. The molecule has 3 rings (SSSR count). The van der Waals surface area contributed by atoms with Crippen LogP contribution in [0.5, 0.6) is 0 Å². The number of halogens is 1. The maximum atomic E-state index is 12.2. The summed E-state index contributed by atoms with van der Waals surface area (Å²) < 4.78 is 5.73. The topological polar surface area (TPSA) is 55.1 Å². The number of hydrogen-bond donors (Lipinski definition) is 1. The van der Waals surface area contributed by atoms with Gasteiger partial charge in [-0.05, 0) is 43.7 Å². The van der Waals surface area contributed by atoms with Gasteiger partial charge in [-0.25, -0.2) is 4.98 Å². The van der Waals surface area contributed by atoms with Gasteiger partial charge in [-0.15, -0.1) is 0 Å². The smallest absolute Gasteiger partial charge is 0.220 e. The van der Waals surface area contributed by atoms with E-state index in [9.17, 15) is 4.79 Å². The van der Waals surface area contributed by atoms with E-state index < -0.39 is 0 Å². The summed E-state index contributed by atoms with van der Waals surface area (Å²) in [6.45, 7) is 4.02. The monoisotopic (exact) mass is 368 g/mol. The summed E-state index contributed by atoms with van der Waals surface area (Å²) in [5.74, 6) is 1.20. The van der Waals surface area contributed by atoms with Crippen molar-refractivity contribution in [2.75, 3.05) is 0 Å². The van der Waals surface area contributed by atoms with Crippen LogP contribution >= 0.6 is 11.6 Å². The van der Waals surface area contributed by atoms with Crippen LogP contribution in [-0.4, -0.2) is 10.9 Å². The van der Waals surface area contributed by atoms with Gasteiger partial charge in [0.2, 0.25) is 5.91 Å². The van der Waals surface area contributed by atoms with Crippen molar-refractivity contribution in [3.8, 4) is 11.3 Å². The first-order valence-electron chi connectivity index (χ1n) is 8.58. The molecule has 0 aliphatic heterocycles. The normalized spacial score (nSPS) is 12.0. The molecule has 1 aromatic heterocycles. The Balaban J connectivity index is 1.53. The molecule has 2 aromatic carbocycles. The molecule has 3 aromatic rings. The number of oxazole rings is 1. The van der Waals surface area contributed by atoms with Crippen molar-refractivity contribution in [3.63, 3.8) is 0 Å². The maximum Gasteiger partial charge on any atom is 0.220 e. The average molecular weight is 369 g/mol. The molecule has 1 amide bonds. The van der Waals surface area contributed by atoms with E-state index in [0.29, 0.717) is 29.5 Å². The standard InChI is InChI=1S/C21H21ClN2O2/c1-14-3-5-16(6-4-14)15(2)24-20(25)11-12-21-23-13-19(26-21)17-7-9-18(22)10-8-17/h3-10,13,15H,11-12H2,1-2H3,(H,24,25). The number of hydrogen-bond acceptors (Lipinski definition) is 3. The molecule has 1 heterocycles. The molecule has 0 bridgehead atoms. The molecule has 0 spiro atoms. The molecular weight excluding hydrogens is 348 g/mol. The molecule has 0 aliphatic carbocycles. The number of rotatable bonds is 6. The van der Waals surface area contributed by atoms with Gasteiger partial charge in [-0.3, -0.25) is 4.79 Å². The predicted molar refractivity (Wildman–Crippen MR) is 103 cm³/mol. The molecule has 134 valence electrons. The number of carbonyl (C=O) groups excluding carboxylic acids is 1.